The monoisotopic (exact) mass is 224 g/mol. The number of rotatable bonds is 2. The molecule has 0 radical (unpaired) electrons. The molecule has 0 amide bonds. The first-order chi connectivity index (χ1) is 6.38. The fourth-order valence-electron chi connectivity index (χ4n) is 0.978. The van der Waals surface area contributed by atoms with E-state index in [-0.39, 0.29) is 5.69 Å². The molecule has 0 aliphatic carbocycles. The van der Waals surface area contributed by atoms with Crippen molar-refractivity contribution in [3.63, 3.8) is 0 Å². The summed E-state index contributed by atoms with van der Waals surface area (Å²) in [5.74, 6) is 0. The summed E-state index contributed by atoms with van der Waals surface area (Å²) in [7, 11) is 0. The van der Waals surface area contributed by atoms with Gasteiger partial charge in [0.2, 0.25) is 0 Å². The van der Waals surface area contributed by atoms with Crippen molar-refractivity contribution in [2.45, 2.75) is 18.6 Å². The van der Waals surface area contributed by atoms with Crippen molar-refractivity contribution >= 4 is 11.6 Å². The summed E-state index contributed by atoms with van der Waals surface area (Å²) < 4.78 is 35.9. The van der Waals surface area contributed by atoms with Crippen molar-refractivity contribution in [3.05, 3.63) is 29.0 Å². The molecule has 1 aromatic heterocycles. The highest BCUT2D eigenvalue weighted by Crippen LogP contribution is 2.27. The maximum atomic E-state index is 12.0. The highest BCUT2D eigenvalue weighted by atomic mass is 35.5. The summed E-state index contributed by atoms with van der Waals surface area (Å²) in [5, 5.41) is 0.327. The van der Waals surface area contributed by atoms with E-state index in [1.807, 2.05) is 0 Å². The van der Waals surface area contributed by atoms with Crippen LogP contribution in [0.2, 0.25) is 5.02 Å². The Labute approximate surface area is 83.9 Å². The first-order valence-corrected chi connectivity index (χ1v) is 4.20. The van der Waals surface area contributed by atoms with Crippen LogP contribution < -0.4 is 5.73 Å². The van der Waals surface area contributed by atoms with Gasteiger partial charge < -0.3 is 5.73 Å². The standard InChI is InChI=1S/C8H8ClF3N2/c9-5-1-2-14-7(3-5)6(13)4-8(10,11)12/h1-3,6H,4,13H2/t6-/m1/s1. The van der Waals surface area contributed by atoms with Gasteiger partial charge in [-0.3, -0.25) is 4.98 Å². The van der Waals surface area contributed by atoms with Gasteiger partial charge >= 0.3 is 6.18 Å². The molecule has 14 heavy (non-hydrogen) atoms. The van der Waals surface area contributed by atoms with Gasteiger partial charge in [0.05, 0.1) is 18.2 Å². The molecule has 78 valence electrons. The Balaban J connectivity index is 2.74. The topological polar surface area (TPSA) is 38.9 Å². The summed E-state index contributed by atoms with van der Waals surface area (Å²) in [6.45, 7) is 0. The predicted octanol–water partition coefficient (Wildman–Crippen LogP) is 2.69. The van der Waals surface area contributed by atoms with Crippen LogP contribution in [-0.2, 0) is 0 Å². The Hall–Kier alpha value is -0.810. The van der Waals surface area contributed by atoms with E-state index >= 15 is 0 Å². The second-order valence-corrected chi connectivity index (χ2v) is 3.26. The highest BCUT2D eigenvalue weighted by molar-refractivity contribution is 6.30. The van der Waals surface area contributed by atoms with Gasteiger partial charge in [-0.05, 0) is 12.1 Å². The molecule has 0 saturated carbocycles. The van der Waals surface area contributed by atoms with Crippen molar-refractivity contribution in [1.82, 2.24) is 4.98 Å². The van der Waals surface area contributed by atoms with Gasteiger partial charge in [0, 0.05) is 11.2 Å². The van der Waals surface area contributed by atoms with Gasteiger partial charge in [0.25, 0.3) is 0 Å². The fourth-order valence-corrected chi connectivity index (χ4v) is 1.15. The van der Waals surface area contributed by atoms with Crippen molar-refractivity contribution in [1.29, 1.82) is 0 Å². The van der Waals surface area contributed by atoms with Crippen LogP contribution in [0.3, 0.4) is 0 Å². The van der Waals surface area contributed by atoms with E-state index < -0.39 is 18.6 Å². The van der Waals surface area contributed by atoms with Crippen LogP contribution in [0.25, 0.3) is 0 Å². The lowest BCUT2D eigenvalue weighted by Crippen LogP contribution is -2.21. The number of pyridine rings is 1. The molecule has 0 aliphatic heterocycles. The van der Waals surface area contributed by atoms with Crippen molar-refractivity contribution in [3.8, 4) is 0 Å². The van der Waals surface area contributed by atoms with Gasteiger partial charge in [0.1, 0.15) is 0 Å². The van der Waals surface area contributed by atoms with Gasteiger partial charge in [-0.2, -0.15) is 13.2 Å². The van der Waals surface area contributed by atoms with E-state index in [1.165, 1.54) is 18.3 Å². The van der Waals surface area contributed by atoms with Crippen LogP contribution in [0.15, 0.2) is 18.3 Å². The lowest BCUT2D eigenvalue weighted by atomic mass is 10.1. The molecule has 1 atom stereocenters. The molecule has 0 saturated heterocycles. The molecule has 0 aromatic carbocycles. The smallest absolute Gasteiger partial charge is 0.322 e. The Morgan fingerprint density at radius 2 is 2.14 bits per heavy atom. The van der Waals surface area contributed by atoms with Crippen LogP contribution in [0.1, 0.15) is 18.2 Å². The average Bonchev–Trinajstić information content (AvgIpc) is 2.01. The minimum absolute atomic E-state index is 0.148. The Kier molecular flexibility index (Phi) is 3.34. The van der Waals surface area contributed by atoms with E-state index in [9.17, 15) is 13.2 Å². The molecule has 0 aliphatic rings. The first kappa shape index (κ1) is 11.3. The fraction of sp³-hybridized carbons (Fsp3) is 0.375. The minimum Gasteiger partial charge on any atom is -0.322 e. The third-order valence-corrected chi connectivity index (χ3v) is 1.81. The number of hydrogen-bond acceptors (Lipinski definition) is 2. The number of nitrogens with zero attached hydrogens (tertiary/aromatic N) is 1. The number of alkyl halides is 3. The molecule has 0 unspecified atom stereocenters. The maximum absolute atomic E-state index is 12.0. The Morgan fingerprint density at radius 3 is 2.64 bits per heavy atom. The number of hydrogen-bond donors (Lipinski definition) is 1. The summed E-state index contributed by atoms with van der Waals surface area (Å²) in [6, 6.07) is 1.65. The molecular weight excluding hydrogens is 217 g/mol. The zero-order valence-electron chi connectivity index (χ0n) is 7.05. The van der Waals surface area contributed by atoms with Gasteiger partial charge in [0.15, 0.2) is 0 Å². The average molecular weight is 225 g/mol. The van der Waals surface area contributed by atoms with Gasteiger partial charge in [-0.25, -0.2) is 0 Å². The van der Waals surface area contributed by atoms with E-state index in [2.05, 4.69) is 4.98 Å². The normalized spacial score (nSPS) is 14.1. The minimum atomic E-state index is -4.29. The number of nitrogens with two attached hydrogens (primary N) is 1. The summed E-state index contributed by atoms with van der Waals surface area (Å²) in [4.78, 5) is 3.71. The van der Waals surface area contributed by atoms with E-state index in [0.29, 0.717) is 5.02 Å². The maximum Gasteiger partial charge on any atom is 0.390 e. The molecule has 0 bridgehead atoms. The van der Waals surface area contributed by atoms with Crippen LogP contribution in [0, 0.1) is 0 Å². The molecule has 2 nitrogen and oxygen atoms in total. The predicted molar refractivity (Wildman–Crippen MR) is 46.8 cm³/mol. The largest absolute Gasteiger partial charge is 0.390 e. The quantitative estimate of drug-likeness (QED) is 0.839. The molecule has 0 spiro atoms. The number of aromatic nitrogens is 1. The number of halogens is 4. The highest BCUT2D eigenvalue weighted by Gasteiger charge is 2.31. The van der Waals surface area contributed by atoms with Crippen LogP contribution in [0.5, 0.6) is 0 Å². The van der Waals surface area contributed by atoms with Crippen LogP contribution in [0.4, 0.5) is 13.2 Å². The van der Waals surface area contributed by atoms with Gasteiger partial charge in [-0.1, -0.05) is 11.6 Å². The second kappa shape index (κ2) is 4.14. The third-order valence-electron chi connectivity index (χ3n) is 1.57. The van der Waals surface area contributed by atoms with Crippen molar-refractivity contribution in [2.75, 3.05) is 0 Å². The van der Waals surface area contributed by atoms with E-state index in [4.69, 9.17) is 17.3 Å². The molecule has 6 heteroatoms. The lowest BCUT2D eigenvalue weighted by Gasteiger charge is -2.13. The lowest BCUT2D eigenvalue weighted by molar-refractivity contribution is -0.138. The molecule has 1 heterocycles. The molecule has 2 N–H and O–H groups in total. The molecule has 1 aromatic rings. The van der Waals surface area contributed by atoms with Crippen LogP contribution >= 0.6 is 11.6 Å². The summed E-state index contributed by atoms with van der Waals surface area (Å²) >= 11 is 5.58. The van der Waals surface area contributed by atoms with Crippen molar-refractivity contribution in [2.24, 2.45) is 5.73 Å². The van der Waals surface area contributed by atoms with Crippen molar-refractivity contribution < 1.29 is 13.2 Å². The summed E-state index contributed by atoms with van der Waals surface area (Å²) in [5.41, 5.74) is 5.46. The molecular formula is C8H8ClF3N2. The Morgan fingerprint density at radius 1 is 1.50 bits per heavy atom. The summed E-state index contributed by atoms with van der Waals surface area (Å²) in [6.07, 6.45) is -4.06. The van der Waals surface area contributed by atoms with E-state index in [1.54, 1.807) is 0 Å². The molecule has 0 fully saturated rings. The second-order valence-electron chi connectivity index (χ2n) is 2.82. The zero-order valence-corrected chi connectivity index (χ0v) is 7.81. The third kappa shape index (κ3) is 3.51. The Bertz CT molecular complexity index is 314. The van der Waals surface area contributed by atoms with E-state index in [0.717, 1.165) is 0 Å². The zero-order chi connectivity index (χ0) is 10.8. The first-order valence-electron chi connectivity index (χ1n) is 3.82. The van der Waals surface area contributed by atoms with Crippen LogP contribution in [-0.4, -0.2) is 11.2 Å². The molecule has 1 rings (SSSR count). The SMILES string of the molecule is N[C@H](CC(F)(F)F)c1cc(Cl)ccn1. The van der Waals surface area contributed by atoms with Gasteiger partial charge in [-0.15, -0.1) is 0 Å².